The Kier molecular flexibility index (Phi) is 8.21. The van der Waals surface area contributed by atoms with Crippen molar-refractivity contribution in [3.8, 4) is 0 Å². The minimum Gasteiger partial charge on any atom is -0.465 e. The summed E-state index contributed by atoms with van der Waals surface area (Å²) in [5, 5.41) is 2.59. The zero-order chi connectivity index (χ0) is 24.9. The lowest BCUT2D eigenvalue weighted by atomic mass is 10.1. The summed E-state index contributed by atoms with van der Waals surface area (Å²) in [7, 11) is -1.46. The predicted octanol–water partition coefficient (Wildman–Crippen LogP) is 3.06. The molecule has 0 spiro atoms. The smallest absolute Gasteiger partial charge is 0.339 e. The summed E-state index contributed by atoms with van der Waals surface area (Å²) in [4.78, 5) is 37.4. The van der Waals surface area contributed by atoms with Crippen LogP contribution in [0, 0.1) is 13.8 Å². The maximum atomic E-state index is 13.3. The van der Waals surface area contributed by atoms with Gasteiger partial charge in [-0.1, -0.05) is 13.0 Å². The Balaban J connectivity index is 2.53. The van der Waals surface area contributed by atoms with Crippen molar-refractivity contribution in [2.45, 2.75) is 33.2 Å². The van der Waals surface area contributed by atoms with Gasteiger partial charge in [0.05, 0.1) is 43.0 Å². The Bertz CT molecular complexity index is 1180. The van der Waals surface area contributed by atoms with Gasteiger partial charge in [0.2, 0.25) is 15.9 Å². The normalized spacial score (nSPS) is 11.9. The molecule has 1 unspecified atom stereocenters. The lowest BCUT2D eigenvalue weighted by Gasteiger charge is -2.30. The van der Waals surface area contributed by atoms with Crippen molar-refractivity contribution in [2.24, 2.45) is 0 Å². The molecule has 0 saturated heterocycles. The van der Waals surface area contributed by atoms with Gasteiger partial charge in [-0.05, 0) is 61.7 Å². The van der Waals surface area contributed by atoms with Crippen LogP contribution in [0.3, 0.4) is 0 Å². The third-order valence-electron chi connectivity index (χ3n) is 5.18. The minimum atomic E-state index is -3.85. The molecule has 0 heterocycles. The van der Waals surface area contributed by atoms with E-state index in [9.17, 15) is 22.8 Å². The molecule has 1 N–H and O–H groups in total. The first-order valence-electron chi connectivity index (χ1n) is 10.1. The number of nitrogens with one attached hydrogen (secondary N) is 1. The molecule has 1 amide bonds. The van der Waals surface area contributed by atoms with E-state index < -0.39 is 33.9 Å². The highest BCUT2D eigenvalue weighted by atomic mass is 32.2. The van der Waals surface area contributed by atoms with E-state index in [2.05, 4.69) is 5.32 Å². The van der Waals surface area contributed by atoms with Crippen LogP contribution >= 0.6 is 0 Å². The van der Waals surface area contributed by atoms with Gasteiger partial charge in [-0.25, -0.2) is 18.0 Å². The van der Waals surface area contributed by atoms with Crippen molar-refractivity contribution in [1.82, 2.24) is 0 Å². The average molecular weight is 477 g/mol. The second kappa shape index (κ2) is 10.5. The number of anilines is 2. The number of nitrogens with zero attached hydrogens (tertiary/aromatic N) is 1. The molecule has 0 aliphatic rings. The van der Waals surface area contributed by atoms with E-state index in [1.165, 1.54) is 32.4 Å². The largest absolute Gasteiger partial charge is 0.465 e. The highest BCUT2D eigenvalue weighted by molar-refractivity contribution is 7.92. The number of hydrogen-bond acceptors (Lipinski definition) is 7. The van der Waals surface area contributed by atoms with E-state index in [1.807, 2.05) is 13.8 Å². The van der Waals surface area contributed by atoms with Gasteiger partial charge < -0.3 is 14.8 Å². The number of ether oxygens (including phenoxy) is 2. The van der Waals surface area contributed by atoms with Gasteiger partial charge >= 0.3 is 11.9 Å². The molecule has 0 fully saturated rings. The first-order valence-corrected chi connectivity index (χ1v) is 12.0. The van der Waals surface area contributed by atoms with Crippen LogP contribution < -0.4 is 9.62 Å². The summed E-state index contributed by atoms with van der Waals surface area (Å²) in [6.45, 7) is 5.42. The van der Waals surface area contributed by atoms with Gasteiger partial charge in [-0.3, -0.25) is 9.10 Å². The molecule has 0 bridgehead atoms. The molecule has 33 heavy (non-hydrogen) atoms. The summed E-state index contributed by atoms with van der Waals surface area (Å²) >= 11 is 0. The van der Waals surface area contributed by atoms with E-state index >= 15 is 0 Å². The first kappa shape index (κ1) is 25.9. The maximum absolute atomic E-state index is 13.3. The lowest BCUT2D eigenvalue weighted by Crippen LogP contribution is -2.47. The van der Waals surface area contributed by atoms with Crippen LogP contribution in [0.2, 0.25) is 0 Å². The monoisotopic (exact) mass is 476 g/mol. The third kappa shape index (κ3) is 5.89. The number of hydrogen-bond donors (Lipinski definition) is 1. The van der Waals surface area contributed by atoms with Crippen molar-refractivity contribution in [3.05, 3.63) is 58.7 Å². The molecule has 0 saturated carbocycles. The fraction of sp³-hybridized carbons (Fsp3) is 0.348. The summed E-state index contributed by atoms with van der Waals surface area (Å²) in [6, 6.07) is 7.97. The fourth-order valence-electron chi connectivity index (χ4n) is 3.32. The summed E-state index contributed by atoms with van der Waals surface area (Å²) in [5.41, 5.74) is 2.30. The Morgan fingerprint density at radius 2 is 1.61 bits per heavy atom. The van der Waals surface area contributed by atoms with Crippen molar-refractivity contribution < 1.29 is 32.3 Å². The van der Waals surface area contributed by atoms with Crippen LogP contribution in [-0.2, 0) is 24.3 Å². The molecular formula is C23H28N2O7S. The number of aryl methyl sites for hydroxylation is 2. The van der Waals surface area contributed by atoms with Gasteiger partial charge in [0.25, 0.3) is 0 Å². The Hall–Kier alpha value is -3.40. The minimum absolute atomic E-state index is 0.00161. The van der Waals surface area contributed by atoms with Gasteiger partial charge in [0.15, 0.2) is 0 Å². The number of amides is 1. The maximum Gasteiger partial charge on any atom is 0.339 e. The molecule has 178 valence electrons. The third-order valence-corrected chi connectivity index (χ3v) is 6.36. The van der Waals surface area contributed by atoms with Gasteiger partial charge in [0, 0.05) is 0 Å². The average Bonchev–Trinajstić information content (AvgIpc) is 2.77. The van der Waals surface area contributed by atoms with Crippen LogP contribution in [0.5, 0.6) is 0 Å². The van der Waals surface area contributed by atoms with Crippen LogP contribution in [0.1, 0.15) is 45.2 Å². The molecular weight excluding hydrogens is 448 g/mol. The Labute approximate surface area is 193 Å². The van der Waals surface area contributed by atoms with E-state index in [-0.39, 0.29) is 23.2 Å². The number of carbonyl (C=O) groups excluding carboxylic acids is 3. The molecule has 0 aliphatic heterocycles. The molecule has 2 aromatic rings. The van der Waals surface area contributed by atoms with Crippen molar-refractivity contribution in [2.75, 3.05) is 30.1 Å². The number of sulfonamides is 1. The number of methoxy groups -OCH3 is 2. The van der Waals surface area contributed by atoms with E-state index in [1.54, 1.807) is 25.1 Å². The quantitative estimate of drug-likeness (QED) is 0.582. The van der Waals surface area contributed by atoms with Gasteiger partial charge in [0.1, 0.15) is 6.04 Å². The van der Waals surface area contributed by atoms with Crippen LogP contribution in [-0.4, -0.2) is 52.8 Å². The molecule has 2 rings (SSSR count). The van der Waals surface area contributed by atoms with E-state index in [4.69, 9.17) is 9.47 Å². The number of esters is 2. The number of benzene rings is 2. The van der Waals surface area contributed by atoms with E-state index in [0.29, 0.717) is 5.69 Å². The zero-order valence-electron chi connectivity index (χ0n) is 19.5. The van der Waals surface area contributed by atoms with Crippen molar-refractivity contribution >= 4 is 39.2 Å². The second-order valence-electron chi connectivity index (χ2n) is 7.48. The number of carbonyl (C=O) groups is 3. The molecule has 2 aromatic carbocycles. The number of rotatable bonds is 8. The molecule has 0 aliphatic carbocycles. The van der Waals surface area contributed by atoms with Crippen LogP contribution in [0.25, 0.3) is 0 Å². The zero-order valence-corrected chi connectivity index (χ0v) is 20.3. The lowest BCUT2D eigenvalue weighted by molar-refractivity contribution is -0.117. The summed E-state index contributed by atoms with van der Waals surface area (Å²) in [6.07, 6.45) is 1.17. The second-order valence-corrected chi connectivity index (χ2v) is 9.34. The standard InChI is InChI=1S/C23H28N2O7S/c1-7-20(25(33(6,29)30)17-10-8-14(2)15(3)12-17)21(26)24-19-13-16(22(27)31-4)9-11-18(19)23(28)32-5/h8-13,20H,7H2,1-6H3,(H,24,26). The SMILES string of the molecule is CCC(C(=O)Nc1cc(C(=O)OC)ccc1C(=O)OC)N(c1ccc(C)c(C)c1)S(C)(=O)=O. The van der Waals surface area contributed by atoms with E-state index in [0.717, 1.165) is 21.7 Å². The molecule has 0 radical (unpaired) electrons. The fourth-order valence-corrected chi connectivity index (χ4v) is 4.52. The first-order chi connectivity index (χ1) is 15.4. The van der Waals surface area contributed by atoms with Crippen LogP contribution in [0.4, 0.5) is 11.4 Å². The Morgan fingerprint density at radius 1 is 0.970 bits per heavy atom. The van der Waals surface area contributed by atoms with Gasteiger partial charge in [-0.15, -0.1) is 0 Å². The van der Waals surface area contributed by atoms with Crippen molar-refractivity contribution in [3.63, 3.8) is 0 Å². The van der Waals surface area contributed by atoms with Crippen molar-refractivity contribution in [1.29, 1.82) is 0 Å². The van der Waals surface area contributed by atoms with Gasteiger partial charge in [-0.2, -0.15) is 0 Å². The highest BCUT2D eigenvalue weighted by Gasteiger charge is 2.32. The molecule has 10 heteroatoms. The van der Waals surface area contributed by atoms with Crippen LogP contribution in [0.15, 0.2) is 36.4 Å². The summed E-state index contributed by atoms with van der Waals surface area (Å²) in [5.74, 6) is -2.07. The molecule has 0 aromatic heterocycles. The highest BCUT2D eigenvalue weighted by Crippen LogP contribution is 2.27. The predicted molar refractivity (Wildman–Crippen MR) is 125 cm³/mol. The molecule has 9 nitrogen and oxygen atoms in total. The topological polar surface area (TPSA) is 119 Å². The summed E-state index contributed by atoms with van der Waals surface area (Å²) < 4.78 is 35.9. The molecule has 1 atom stereocenters. The Morgan fingerprint density at radius 3 is 2.12 bits per heavy atom.